The van der Waals surface area contributed by atoms with E-state index in [1.54, 1.807) is 19.3 Å². The Balaban J connectivity index is 2.31. The van der Waals surface area contributed by atoms with Gasteiger partial charge in [-0.05, 0) is 29.3 Å². The van der Waals surface area contributed by atoms with Crippen LogP contribution in [0.5, 0.6) is 5.75 Å². The number of hydrogen-bond donors (Lipinski definition) is 0. The van der Waals surface area contributed by atoms with Crippen molar-refractivity contribution in [3.8, 4) is 11.8 Å². The molecule has 0 aliphatic heterocycles. The van der Waals surface area contributed by atoms with Gasteiger partial charge in [-0.15, -0.1) is 0 Å². The molecule has 0 atom stereocenters. The van der Waals surface area contributed by atoms with Crippen molar-refractivity contribution in [2.24, 2.45) is 0 Å². The van der Waals surface area contributed by atoms with Crippen LogP contribution in [0.15, 0.2) is 17.7 Å². The number of fused-ring (bicyclic) bond motifs is 1. The summed E-state index contributed by atoms with van der Waals surface area (Å²) in [5, 5.41) is 9.03. The highest BCUT2D eigenvalue weighted by Gasteiger charge is 2.20. The Kier molecular flexibility index (Phi) is 3.16. The number of hydrogen-bond acceptors (Lipinski definition) is 3. The summed E-state index contributed by atoms with van der Waals surface area (Å²) in [6.45, 7) is 0. The summed E-state index contributed by atoms with van der Waals surface area (Å²) < 4.78 is 5.12. The fraction of sp³-hybridized carbons (Fsp3) is 0.231. The Morgan fingerprint density at radius 3 is 3.00 bits per heavy atom. The third-order valence-electron chi connectivity index (χ3n) is 2.72. The number of methoxy groups -OCH3 is 1. The lowest BCUT2D eigenvalue weighted by Crippen LogP contribution is -2.00. The lowest BCUT2D eigenvalue weighted by Gasteiger charge is -2.05. The quantitative estimate of drug-likeness (QED) is 0.825. The van der Waals surface area contributed by atoms with Gasteiger partial charge in [-0.1, -0.05) is 11.6 Å². The van der Waals surface area contributed by atoms with E-state index < -0.39 is 0 Å². The minimum Gasteiger partial charge on any atom is -0.495 e. The Hall–Kier alpha value is -1.79. The van der Waals surface area contributed by atoms with E-state index in [9.17, 15) is 4.79 Å². The summed E-state index contributed by atoms with van der Waals surface area (Å²) in [5.74, 6) is 0.478. The van der Waals surface area contributed by atoms with Gasteiger partial charge < -0.3 is 4.74 Å². The maximum absolute atomic E-state index is 11.6. The smallest absolute Gasteiger partial charge is 0.173 e. The molecule has 0 aromatic heterocycles. The minimum atomic E-state index is -0.126. The van der Waals surface area contributed by atoms with Crippen molar-refractivity contribution < 1.29 is 9.53 Å². The van der Waals surface area contributed by atoms with E-state index in [4.69, 9.17) is 21.6 Å². The van der Waals surface area contributed by atoms with Gasteiger partial charge in [0.1, 0.15) is 5.75 Å². The number of rotatable bonds is 3. The van der Waals surface area contributed by atoms with Crippen molar-refractivity contribution in [1.29, 1.82) is 5.26 Å². The number of carbonyl (C=O) groups excluding carboxylic acids is 1. The first-order valence-corrected chi connectivity index (χ1v) is 5.50. The largest absolute Gasteiger partial charge is 0.495 e. The van der Waals surface area contributed by atoms with Crippen molar-refractivity contribution >= 4 is 23.5 Å². The first kappa shape index (κ1) is 11.7. The molecule has 0 heterocycles. The summed E-state index contributed by atoms with van der Waals surface area (Å²) in [4.78, 5) is 11.6. The van der Waals surface area contributed by atoms with E-state index in [1.165, 1.54) is 0 Å². The van der Waals surface area contributed by atoms with Crippen LogP contribution < -0.4 is 4.74 Å². The van der Waals surface area contributed by atoms with Gasteiger partial charge in [-0.25, -0.2) is 0 Å². The highest BCUT2D eigenvalue weighted by atomic mass is 35.5. The van der Waals surface area contributed by atoms with E-state index >= 15 is 0 Å². The maximum Gasteiger partial charge on any atom is 0.173 e. The van der Waals surface area contributed by atoms with Crippen LogP contribution >= 0.6 is 11.6 Å². The fourth-order valence-corrected chi connectivity index (χ4v) is 2.11. The average Bonchev–Trinajstić information content (AvgIpc) is 2.71. The van der Waals surface area contributed by atoms with Crippen LogP contribution in [0.2, 0.25) is 5.02 Å². The number of benzene rings is 1. The van der Waals surface area contributed by atoms with Gasteiger partial charge in [0.2, 0.25) is 0 Å². The van der Waals surface area contributed by atoms with Gasteiger partial charge in [0.15, 0.2) is 5.78 Å². The summed E-state index contributed by atoms with van der Waals surface area (Å²) >= 11 is 6.00. The third-order valence-corrected chi connectivity index (χ3v) is 3.02. The molecule has 0 unspecified atom stereocenters. The van der Waals surface area contributed by atoms with E-state index in [1.807, 2.05) is 12.1 Å². The Bertz CT molecular complexity index is 555. The zero-order valence-electron chi connectivity index (χ0n) is 9.29. The van der Waals surface area contributed by atoms with Crippen molar-refractivity contribution in [1.82, 2.24) is 0 Å². The van der Waals surface area contributed by atoms with Crippen molar-refractivity contribution in [3.05, 3.63) is 33.9 Å². The predicted octanol–water partition coefficient (Wildman–Crippen LogP) is 2.77. The Morgan fingerprint density at radius 2 is 2.35 bits per heavy atom. The Morgan fingerprint density at radius 1 is 1.59 bits per heavy atom. The number of nitriles is 1. The zero-order chi connectivity index (χ0) is 12.4. The van der Waals surface area contributed by atoms with Crippen LogP contribution in [0.25, 0.3) is 6.08 Å². The number of Topliss-reactive ketones (excluding diaryl/α,β-unsaturated/α-hetero) is 1. The van der Waals surface area contributed by atoms with Crippen molar-refractivity contribution in [3.63, 3.8) is 0 Å². The van der Waals surface area contributed by atoms with Gasteiger partial charge in [-0.3, -0.25) is 4.79 Å². The standard InChI is InChI=1S/C13H10ClNO2/c1-17-13-7-9-5-10(12(16)2-3-15)4-8(9)6-11(13)14/h4,6-7H,2,5H2,1H3. The van der Waals surface area contributed by atoms with Gasteiger partial charge in [0.25, 0.3) is 0 Å². The number of nitrogens with zero attached hydrogens (tertiary/aromatic N) is 1. The molecule has 0 saturated heterocycles. The van der Waals surface area contributed by atoms with Crippen molar-refractivity contribution in [2.75, 3.05) is 7.11 Å². The van der Waals surface area contributed by atoms with Gasteiger partial charge in [0.05, 0.1) is 24.6 Å². The van der Waals surface area contributed by atoms with E-state index in [-0.39, 0.29) is 12.2 Å². The van der Waals surface area contributed by atoms with E-state index in [0.29, 0.717) is 22.8 Å². The molecule has 1 aromatic rings. The molecule has 2 rings (SSSR count). The number of allylic oxidation sites excluding steroid dienone is 1. The van der Waals surface area contributed by atoms with Crippen LogP contribution in [-0.4, -0.2) is 12.9 Å². The molecule has 0 amide bonds. The number of carbonyl (C=O) groups is 1. The topological polar surface area (TPSA) is 50.1 Å². The molecule has 0 N–H and O–H groups in total. The molecular weight excluding hydrogens is 238 g/mol. The van der Waals surface area contributed by atoms with Crippen molar-refractivity contribution in [2.45, 2.75) is 12.8 Å². The lowest BCUT2D eigenvalue weighted by atomic mass is 10.1. The van der Waals surface area contributed by atoms with E-state index in [0.717, 1.165) is 11.1 Å². The zero-order valence-corrected chi connectivity index (χ0v) is 10.0. The summed E-state index contributed by atoms with van der Waals surface area (Å²) in [5.41, 5.74) is 2.59. The van der Waals surface area contributed by atoms with Crippen LogP contribution in [-0.2, 0) is 11.2 Å². The molecule has 1 aliphatic carbocycles. The number of halogens is 1. The van der Waals surface area contributed by atoms with Crippen LogP contribution in [0.1, 0.15) is 17.5 Å². The molecule has 4 heteroatoms. The molecule has 0 bridgehead atoms. The molecule has 0 saturated carbocycles. The average molecular weight is 248 g/mol. The summed E-state index contributed by atoms with van der Waals surface area (Å²) in [7, 11) is 1.55. The molecule has 0 spiro atoms. The molecule has 1 aliphatic rings. The molecule has 86 valence electrons. The molecule has 0 radical (unpaired) electrons. The molecule has 17 heavy (non-hydrogen) atoms. The number of ether oxygens (including phenoxy) is 1. The normalized spacial score (nSPS) is 12.6. The second-order valence-electron chi connectivity index (χ2n) is 3.79. The molecular formula is C13H10ClNO2. The monoisotopic (exact) mass is 247 g/mol. The Labute approximate surface area is 104 Å². The highest BCUT2D eigenvalue weighted by Crippen LogP contribution is 2.34. The van der Waals surface area contributed by atoms with Crippen LogP contribution in [0, 0.1) is 11.3 Å². The molecule has 3 nitrogen and oxygen atoms in total. The van der Waals surface area contributed by atoms with Gasteiger partial charge in [-0.2, -0.15) is 5.26 Å². The second-order valence-corrected chi connectivity index (χ2v) is 4.20. The third kappa shape index (κ3) is 2.17. The summed E-state index contributed by atoms with van der Waals surface area (Å²) in [6.07, 6.45) is 2.26. The van der Waals surface area contributed by atoms with E-state index in [2.05, 4.69) is 0 Å². The van der Waals surface area contributed by atoms with Crippen LogP contribution in [0.4, 0.5) is 0 Å². The number of ketones is 1. The predicted molar refractivity (Wildman–Crippen MR) is 64.9 cm³/mol. The first-order chi connectivity index (χ1) is 8.15. The fourth-order valence-electron chi connectivity index (χ4n) is 1.86. The molecule has 1 aromatic carbocycles. The SMILES string of the molecule is COc1cc2c(cc1Cl)C=C(C(=O)CC#N)C2. The maximum atomic E-state index is 11.6. The van der Waals surface area contributed by atoms with Gasteiger partial charge in [0, 0.05) is 12.0 Å². The van der Waals surface area contributed by atoms with Gasteiger partial charge >= 0.3 is 0 Å². The minimum absolute atomic E-state index is 0.0787. The highest BCUT2D eigenvalue weighted by molar-refractivity contribution is 6.32. The lowest BCUT2D eigenvalue weighted by molar-refractivity contribution is -0.114. The first-order valence-electron chi connectivity index (χ1n) is 5.13. The summed E-state index contributed by atoms with van der Waals surface area (Å²) in [6, 6.07) is 5.48. The molecule has 0 fully saturated rings. The van der Waals surface area contributed by atoms with Crippen LogP contribution in [0.3, 0.4) is 0 Å². The second kappa shape index (κ2) is 4.60.